The van der Waals surface area contributed by atoms with E-state index in [4.69, 9.17) is 28.8 Å². The number of fused-ring (bicyclic) bond motifs is 7. The van der Waals surface area contributed by atoms with Crippen LogP contribution in [0.5, 0.6) is 0 Å². The van der Waals surface area contributed by atoms with Gasteiger partial charge in [0.1, 0.15) is 16.7 Å². The van der Waals surface area contributed by atoms with E-state index < -0.39 is 0 Å². The number of aromatic nitrogens is 4. The molecule has 11 aromatic rings. The monoisotopic (exact) mass is 698 g/mol. The Kier molecular flexibility index (Phi) is 6.62. The fourth-order valence-electron chi connectivity index (χ4n) is 7.33. The quantitative estimate of drug-likeness (QED) is 0.178. The normalized spacial score (nSPS) is 11.8. The summed E-state index contributed by atoms with van der Waals surface area (Å²) in [6.45, 7) is 0. The smallest absolute Gasteiger partial charge is 0.228 e. The molecule has 0 N–H and O–H groups in total. The Morgan fingerprint density at radius 1 is 0.415 bits per heavy atom. The summed E-state index contributed by atoms with van der Waals surface area (Å²) in [5.41, 5.74) is 9.08. The predicted octanol–water partition coefficient (Wildman–Crippen LogP) is 12.6. The number of thiophene rings is 1. The standard InChI is InChI=1S/C46H26N4O2S/c1-2-12-27(13-3-1)43-48-44(29-15-8-14-28(26-29)30-17-9-18-32-31-16-4-6-23-37(31)51-41(30)32)50-45(49-43)34-20-11-25-39-40(34)33-19-10-21-35(42(33)53-39)46-47-36-22-5-7-24-38(36)52-46/h1-26H. The number of para-hydroxylation sites is 4. The molecule has 0 bridgehead atoms. The summed E-state index contributed by atoms with van der Waals surface area (Å²) >= 11 is 1.72. The molecule has 7 aromatic carbocycles. The average Bonchev–Trinajstić information content (AvgIpc) is 3.94. The zero-order chi connectivity index (χ0) is 34.9. The van der Waals surface area contributed by atoms with E-state index >= 15 is 0 Å². The Morgan fingerprint density at radius 3 is 1.94 bits per heavy atom. The molecule has 0 saturated carbocycles. The van der Waals surface area contributed by atoms with E-state index in [1.165, 1.54) is 0 Å². The number of rotatable bonds is 5. The summed E-state index contributed by atoms with van der Waals surface area (Å²) in [4.78, 5) is 20.2. The van der Waals surface area contributed by atoms with Crippen molar-refractivity contribution in [3.63, 3.8) is 0 Å². The highest BCUT2D eigenvalue weighted by atomic mass is 32.1. The summed E-state index contributed by atoms with van der Waals surface area (Å²) in [6, 6.07) is 53.4. The largest absolute Gasteiger partial charge is 0.455 e. The Bertz CT molecular complexity index is 3160. The molecule has 0 fully saturated rings. The van der Waals surface area contributed by atoms with Crippen LogP contribution in [-0.2, 0) is 0 Å². The maximum Gasteiger partial charge on any atom is 0.228 e. The van der Waals surface area contributed by atoms with Crippen LogP contribution in [0.2, 0.25) is 0 Å². The van der Waals surface area contributed by atoms with Gasteiger partial charge in [0.25, 0.3) is 0 Å². The molecule has 0 aliphatic rings. The van der Waals surface area contributed by atoms with E-state index in [2.05, 4.69) is 84.9 Å². The third kappa shape index (κ3) is 4.86. The van der Waals surface area contributed by atoms with Crippen molar-refractivity contribution < 1.29 is 8.83 Å². The Morgan fingerprint density at radius 2 is 1.06 bits per heavy atom. The second kappa shape index (κ2) is 11.8. The lowest BCUT2D eigenvalue weighted by Crippen LogP contribution is -2.00. The zero-order valence-electron chi connectivity index (χ0n) is 28.0. The minimum absolute atomic E-state index is 0.594. The number of hydrogen-bond acceptors (Lipinski definition) is 7. The van der Waals surface area contributed by atoms with Gasteiger partial charge >= 0.3 is 0 Å². The van der Waals surface area contributed by atoms with Crippen LogP contribution in [-0.4, -0.2) is 19.9 Å². The van der Waals surface area contributed by atoms with Gasteiger partial charge < -0.3 is 8.83 Å². The van der Waals surface area contributed by atoms with Crippen molar-refractivity contribution >= 4 is 64.5 Å². The highest BCUT2D eigenvalue weighted by molar-refractivity contribution is 7.26. The number of oxazole rings is 1. The molecular weight excluding hydrogens is 673 g/mol. The second-order valence-corrected chi connectivity index (χ2v) is 14.0. The van der Waals surface area contributed by atoms with Crippen molar-refractivity contribution in [2.75, 3.05) is 0 Å². The van der Waals surface area contributed by atoms with Crippen LogP contribution in [0.15, 0.2) is 167 Å². The van der Waals surface area contributed by atoms with Crippen LogP contribution < -0.4 is 0 Å². The minimum Gasteiger partial charge on any atom is -0.455 e. The number of furan rings is 1. The molecule has 11 rings (SSSR count). The fourth-order valence-corrected chi connectivity index (χ4v) is 8.57. The topological polar surface area (TPSA) is 77.8 Å². The molecule has 0 amide bonds. The molecular formula is C46H26N4O2S. The van der Waals surface area contributed by atoms with Gasteiger partial charge in [-0.2, -0.15) is 0 Å². The lowest BCUT2D eigenvalue weighted by Gasteiger charge is -2.11. The van der Waals surface area contributed by atoms with Crippen LogP contribution in [0, 0.1) is 0 Å². The molecule has 6 nitrogen and oxygen atoms in total. The van der Waals surface area contributed by atoms with Gasteiger partial charge in [-0.3, -0.25) is 0 Å². The summed E-state index contributed by atoms with van der Waals surface area (Å²) in [7, 11) is 0. The Labute approximate surface area is 306 Å². The van der Waals surface area contributed by atoms with Crippen molar-refractivity contribution in [3.05, 3.63) is 158 Å². The zero-order valence-corrected chi connectivity index (χ0v) is 28.8. The highest BCUT2D eigenvalue weighted by Gasteiger charge is 2.20. The number of nitrogens with zero attached hydrogens (tertiary/aromatic N) is 4. The van der Waals surface area contributed by atoms with Crippen molar-refractivity contribution in [1.29, 1.82) is 0 Å². The molecule has 7 heteroatoms. The summed E-state index contributed by atoms with van der Waals surface area (Å²) in [6.07, 6.45) is 0. The maximum absolute atomic E-state index is 6.41. The average molecular weight is 699 g/mol. The summed E-state index contributed by atoms with van der Waals surface area (Å²) < 4.78 is 14.9. The number of benzene rings is 7. The van der Waals surface area contributed by atoms with Gasteiger partial charge in [-0.1, -0.05) is 121 Å². The highest BCUT2D eigenvalue weighted by Crippen LogP contribution is 2.44. The van der Waals surface area contributed by atoms with Crippen LogP contribution in [0.25, 0.3) is 110 Å². The lowest BCUT2D eigenvalue weighted by atomic mass is 10.00. The third-order valence-electron chi connectivity index (χ3n) is 9.79. The summed E-state index contributed by atoms with van der Waals surface area (Å²) in [5, 5.41) is 4.38. The van der Waals surface area contributed by atoms with Crippen LogP contribution in [0.1, 0.15) is 0 Å². The van der Waals surface area contributed by atoms with Crippen molar-refractivity contribution in [3.8, 4) is 56.7 Å². The van der Waals surface area contributed by atoms with Crippen LogP contribution in [0.4, 0.5) is 0 Å². The molecule has 0 atom stereocenters. The molecule has 0 radical (unpaired) electrons. The van der Waals surface area contributed by atoms with Gasteiger partial charge in [0.15, 0.2) is 23.1 Å². The molecule has 4 heterocycles. The van der Waals surface area contributed by atoms with E-state index in [-0.39, 0.29) is 0 Å². The van der Waals surface area contributed by atoms with E-state index in [9.17, 15) is 0 Å². The van der Waals surface area contributed by atoms with Gasteiger partial charge in [-0.25, -0.2) is 19.9 Å². The van der Waals surface area contributed by atoms with Gasteiger partial charge in [0.2, 0.25) is 5.89 Å². The van der Waals surface area contributed by atoms with E-state index in [1.807, 2.05) is 72.8 Å². The number of hydrogen-bond donors (Lipinski definition) is 0. The fraction of sp³-hybridized carbons (Fsp3) is 0. The molecule has 0 spiro atoms. The second-order valence-electron chi connectivity index (χ2n) is 13.0. The van der Waals surface area contributed by atoms with Crippen LogP contribution in [0.3, 0.4) is 0 Å². The third-order valence-corrected chi connectivity index (χ3v) is 11.0. The lowest BCUT2D eigenvalue weighted by molar-refractivity contribution is 0.621. The first-order valence-corrected chi connectivity index (χ1v) is 18.2. The van der Waals surface area contributed by atoms with E-state index in [0.29, 0.717) is 23.4 Å². The van der Waals surface area contributed by atoms with Crippen molar-refractivity contribution in [1.82, 2.24) is 19.9 Å². The molecule has 0 aliphatic heterocycles. The van der Waals surface area contributed by atoms with Crippen molar-refractivity contribution in [2.24, 2.45) is 0 Å². The van der Waals surface area contributed by atoms with Crippen molar-refractivity contribution in [2.45, 2.75) is 0 Å². The molecule has 0 unspecified atom stereocenters. The SMILES string of the molecule is c1ccc(-c2nc(-c3cccc(-c4cccc5c4oc4ccccc45)c3)nc(-c3cccc4sc5c(-c6nc7ccccc7o6)cccc5c34)n2)cc1. The van der Waals surface area contributed by atoms with Gasteiger partial charge in [0, 0.05) is 53.2 Å². The van der Waals surface area contributed by atoms with Gasteiger partial charge in [-0.05, 0) is 42.0 Å². The molecule has 248 valence electrons. The Hall–Kier alpha value is -6.96. The van der Waals surface area contributed by atoms with Gasteiger partial charge in [0.05, 0.1) is 5.56 Å². The first-order valence-electron chi connectivity index (χ1n) is 17.4. The molecule has 0 saturated heterocycles. The predicted molar refractivity (Wildman–Crippen MR) is 215 cm³/mol. The summed E-state index contributed by atoms with van der Waals surface area (Å²) in [5.74, 6) is 2.42. The minimum atomic E-state index is 0.594. The van der Waals surface area contributed by atoms with Gasteiger partial charge in [-0.15, -0.1) is 11.3 Å². The molecule has 4 aromatic heterocycles. The van der Waals surface area contributed by atoms with E-state index in [0.717, 1.165) is 86.6 Å². The maximum atomic E-state index is 6.41. The van der Waals surface area contributed by atoms with Crippen LogP contribution >= 0.6 is 11.3 Å². The van der Waals surface area contributed by atoms with E-state index in [1.54, 1.807) is 11.3 Å². The molecule has 0 aliphatic carbocycles. The first-order chi connectivity index (χ1) is 26.2. The first kappa shape index (κ1) is 29.7. The molecule has 53 heavy (non-hydrogen) atoms. The Balaban J connectivity index is 1.10.